The van der Waals surface area contributed by atoms with Gasteiger partial charge in [0.2, 0.25) is 0 Å². The van der Waals surface area contributed by atoms with E-state index in [9.17, 15) is 14.3 Å². The van der Waals surface area contributed by atoms with Crippen molar-refractivity contribution in [3.8, 4) is 5.75 Å². The van der Waals surface area contributed by atoms with Crippen molar-refractivity contribution >= 4 is 23.6 Å². The maximum atomic E-state index is 13.8. The monoisotopic (exact) mass is 361 g/mol. The lowest BCUT2D eigenvalue weighted by atomic mass is 9.88. The fourth-order valence-electron chi connectivity index (χ4n) is 3.32. The Kier molecular flexibility index (Phi) is 4.27. The molecule has 2 aliphatic heterocycles. The quantitative estimate of drug-likeness (QED) is 0.805. The second-order valence-corrected chi connectivity index (χ2v) is 6.81. The molecular formula is C18H16FNO4S. The molecule has 2 heterocycles. The molecule has 2 aliphatic rings. The first-order valence-corrected chi connectivity index (χ1v) is 8.79. The number of hydrogen-bond acceptors (Lipinski definition) is 5. The number of nitrogens with one attached hydrogen (secondary N) is 1. The van der Waals surface area contributed by atoms with Crippen molar-refractivity contribution in [2.24, 2.45) is 0 Å². The van der Waals surface area contributed by atoms with Gasteiger partial charge in [-0.15, -0.1) is 0 Å². The minimum absolute atomic E-state index is 0.0132. The first kappa shape index (κ1) is 16.2. The number of rotatable bonds is 4. The van der Waals surface area contributed by atoms with E-state index in [0.717, 1.165) is 23.9 Å². The average molecular weight is 361 g/mol. The van der Waals surface area contributed by atoms with Gasteiger partial charge in [0.25, 0.3) is 0 Å². The first-order valence-electron chi connectivity index (χ1n) is 7.97. The minimum Gasteiger partial charge on any atom is -0.490 e. The summed E-state index contributed by atoms with van der Waals surface area (Å²) in [5.41, 5.74) is 1.33. The molecule has 2 atom stereocenters. The van der Waals surface area contributed by atoms with Gasteiger partial charge in [-0.3, -0.25) is 0 Å². The van der Waals surface area contributed by atoms with E-state index in [4.69, 9.17) is 9.47 Å². The highest BCUT2D eigenvalue weighted by Crippen LogP contribution is 2.45. The topological polar surface area (TPSA) is 67.8 Å². The second kappa shape index (κ2) is 6.57. The summed E-state index contributed by atoms with van der Waals surface area (Å²) in [5.74, 6) is -0.892. The molecule has 4 rings (SSSR count). The number of halogens is 1. The highest BCUT2D eigenvalue weighted by Gasteiger charge is 2.38. The van der Waals surface area contributed by atoms with Gasteiger partial charge in [-0.1, -0.05) is 18.2 Å². The van der Waals surface area contributed by atoms with Crippen LogP contribution in [0.4, 0.5) is 10.1 Å². The second-order valence-electron chi connectivity index (χ2n) is 5.96. The summed E-state index contributed by atoms with van der Waals surface area (Å²) in [6.45, 7) is 1.01. The van der Waals surface area contributed by atoms with E-state index in [0.29, 0.717) is 29.5 Å². The molecular weight excluding hydrogens is 345 g/mol. The molecule has 2 aromatic rings. The standard InChI is InChI=1S/C18H16FNO4S/c19-12-3-1-2-4-15(12)25-20-13-6-5-11-10-7-8-23-14(10)9-24-17(11)16(13)18(21)22/h1-6,10,14,20H,7-9H2,(H,21,22)/t10?,14-/m1/s1. The third kappa shape index (κ3) is 2.94. The van der Waals surface area contributed by atoms with Crippen LogP contribution in [0.5, 0.6) is 5.75 Å². The number of fused-ring (bicyclic) bond motifs is 3. The molecule has 1 unspecified atom stereocenters. The molecule has 0 aliphatic carbocycles. The lowest BCUT2D eigenvalue weighted by molar-refractivity contribution is 0.0484. The summed E-state index contributed by atoms with van der Waals surface area (Å²) in [6, 6.07) is 9.90. The number of carboxylic acid groups (broad SMARTS) is 1. The summed E-state index contributed by atoms with van der Waals surface area (Å²) >= 11 is 1.03. The summed E-state index contributed by atoms with van der Waals surface area (Å²) in [5, 5.41) is 9.68. The Bertz CT molecular complexity index is 829. The zero-order valence-corrected chi connectivity index (χ0v) is 14.0. The Labute approximate surface area is 148 Å². The molecule has 25 heavy (non-hydrogen) atoms. The smallest absolute Gasteiger partial charge is 0.341 e. The molecule has 0 bridgehead atoms. The summed E-state index contributed by atoms with van der Waals surface area (Å²) in [7, 11) is 0. The minimum atomic E-state index is -1.08. The van der Waals surface area contributed by atoms with Crippen LogP contribution in [-0.4, -0.2) is 30.4 Å². The fourth-order valence-corrected chi connectivity index (χ4v) is 4.02. The van der Waals surface area contributed by atoms with E-state index >= 15 is 0 Å². The highest BCUT2D eigenvalue weighted by molar-refractivity contribution is 8.00. The van der Waals surface area contributed by atoms with E-state index in [1.54, 1.807) is 24.3 Å². The van der Waals surface area contributed by atoms with Gasteiger partial charge in [-0.25, -0.2) is 9.18 Å². The van der Waals surface area contributed by atoms with Gasteiger partial charge in [0.1, 0.15) is 23.7 Å². The molecule has 0 amide bonds. The summed E-state index contributed by atoms with van der Waals surface area (Å²) in [4.78, 5) is 12.2. The van der Waals surface area contributed by atoms with Crippen molar-refractivity contribution in [1.82, 2.24) is 0 Å². The van der Waals surface area contributed by atoms with Gasteiger partial charge >= 0.3 is 5.97 Å². The number of ether oxygens (including phenoxy) is 2. The van der Waals surface area contributed by atoms with Crippen molar-refractivity contribution in [3.63, 3.8) is 0 Å². The molecule has 1 fully saturated rings. The van der Waals surface area contributed by atoms with Crippen LogP contribution in [0.1, 0.15) is 28.3 Å². The van der Waals surface area contributed by atoms with Crippen LogP contribution in [0.25, 0.3) is 0 Å². The normalized spacial score (nSPS) is 21.2. The Balaban J connectivity index is 1.67. The molecule has 0 radical (unpaired) electrons. The van der Waals surface area contributed by atoms with Crippen LogP contribution in [0.2, 0.25) is 0 Å². The predicted octanol–water partition coefficient (Wildman–Crippen LogP) is 3.91. The van der Waals surface area contributed by atoms with Crippen molar-refractivity contribution in [2.75, 3.05) is 17.9 Å². The molecule has 1 saturated heterocycles. The lowest BCUT2D eigenvalue weighted by Crippen LogP contribution is -2.29. The van der Waals surface area contributed by atoms with E-state index < -0.39 is 5.97 Å². The number of anilines is 1. The van der Waals surface area contributed by atoms with Crippen LogP contribution in [-0.2, 0) is 4.74 Å². The zero-order chi connectivity index (χ0) is 17.4. The molecule has 0 spiro atoms. The van der Waals surface area contributed by atoms with Gasteiger partial charge in [0, 0.05) is 18.1 Å². The highest BCUT2D eigenvalue weighted by atomic mass is 32.2. The van der Waals surface area contributed by atoms with Gasteiger partial charge in [0.15, 0.2) is 0 Å². The lowest BCUT2D eigenvalue weighted by Gasteiger charge is -2.29. The van der Waals surface area contributed by atoms with Crippen LogP contribution in [0, 0.1) is 5.82 Å². The van der Waals surface area contributed by atoms with Gasteiger partial charge < -0.3 is 19.3 Å². The molecule has 0 saturated carbocycles. The molecule has 5 nitrogen and oxygen atoms in total. The van der Waals surface area contributed by atoms with E-state index in [-0.39, 0.29) is 23.4 Å². The summed E-state index contributed by atoms with van der Waals surface area (Å²) < 4.78 is 28.0. The third-order valence-corrected chi connectivity index (χ3v) is 5.38. The van der Waals surface area contributed by atoms with Crippen LogP contribution in [0.3, 0.4) is 0 Å². The van der Waals surface area contributed by atoms with E-state index in [1.807, 2.05) is 6.07 Å². The van der Waals surface area contributed by atoms with Crippen molar-refractivity contribution in [1.29, 1.82) is 0 Å². The molecule has 2 N–H and O–H groups in total. The van der Waals surface area contributed by atoms with Gasteiger partial charge in [0.05, 0.1) is 16.7 Å². The van der Waals surface area contributed by atoms with Crippen LogP contribution < -0.4 is 9.46 Å². The van der Waals surface area contributed by atoms with E-state index in [2.05, 4.69) is 4.72 Å². The first-order chi connectivity index (χ1) is 12.1. The summed E-state index contributed by atoms with van der Waals surface area (Å²) in [6.07, 6.45) is 0.845. The average Bonchev–Trinajstić information content (AvgIpc) is 3.09. The van der Waals surface area contributed by atoms with Crippen molar-refractivity contribution < 1.29 is 23.8 Å². The molecule has 0 aromatic heterocycles. The Morgan fingerprint density at radius 1 is 1.28 bits per heavy atom. The molecule has 2 aromatic carbocycles. The number of carbonyl (C=O) groups is 1. The van der Waals surface area contributed by atoms with Crippen molar-refractivity contribution in [2.45, 2.75) is 23.3 Å². The third-order valence-electron chi connectivity index (χ3n) is 4.51. The number of aromatic carboxylic acids is 1. The van der Waals surface area contributed by atoms with Gasteiger partial charge in [-0.2, -0.15) is 0 Å². The molecule has 130 valence electrons. The van der Waals surface area contributed by atoms with Crippen LogP contribution in [0.15, 0.2) is 41.3 Å². The van der Waals surface area contributed by atoms with E-state index in [1.165, 1.54) is 6.07 Å². The Morgan fingerprint density at radius 2 is 2.12 bits per heavy atom. The Morgan fingerprint density at radius 3 is 2.92 bits per heavy atom. The SMILES string of the molecule is O=C(O)c1c(NSc2ccccc2F)ccc2c1OC[C@H]1OCCC21. The largest absolute Gasteiger partial charge is 0.490 e. The van der Waals surface area contributed by atoms with Crippen LogP contribution >= 0.6 is 11.9 Å². The number of benzene rings is 2. The zero-order valence-electron chi connectivity index (χ0n) is 13.2. The maximum Gasteiger partial charge on any atom is 0.341 e. The molecule has 7 heteroatoms. The predicted molar refractivity (Wildman–Crippen MR) is 91.9 cm³/mol. The van der Waals surface area contributed by atoms with Gasteiger partial charge in [-0.05, 0) is 36.6 Å². The van der Waals surface area contributed by atoms with Crippen molar-refractivity contribution in [3.05, 3.63) is 53.3 Å². The fraction of sp³-hybridized carbons (Fsp3) is 0.278. The maximum absolute atomic E-state index is 13.8. The Hall–Kier alpha value is -2.25. The number of hydrogen-bond donors (Lipinski definition) is 2. The number of carboxylic acids is 1.